The summed E-state index contributed by atoms with van der Waals surface area (Å²) in [5.74, 6) is 0.662. The number of aliphatic hydroxyl groups excluding tert-OH is 1. The normalized spacial score (nSPS) is 18.6. The van der Waals surface area contributed by atoms with Crippen LogP contribution < -0.4 is 10.6 Å². The van der Waals surface area contributed by atoms with Crippen LogP contribution in [-0.2, 0) is 0 Å². The van der Waals surface area contributed by atoms with Crippen LogP contribution in [0.1, 0.15) is 43.8 Å². The highest BCUT2D eigenvalue weighted by Gasteiger charge is 2.25. The maximum atomic E-state index is 12.0. The molecule has 23 heavy (non-hydrogen) atoms. The Hall–Kier alpha value is -1.11. The third-order valence-electron chi connectivity index (χ3n) is 4.71. The highest BCUT2D eigenvalue weighted by atomic mass is 32.1. The van der Waals surface area contributed by atoms with E-state index in [2.05, 4.69) is 29.6 Å². The van der Waals surface area contributed by atoms with E-state index in [-0.39, 0.29) is 12.6 Å². The van der Waals surface area contributed by atoms with Crippen LogP contribution >= 0.6 is 11.3 Å². The molecule has 3 N–H and O–H groups in total. The minimum absolute atomic E-state index is 0.207. The summed E-state index contributed by atoms with van der Waals surface area (Å²) < 4.78 is 0. The number of urea groups is 1. The van der Waals surface area contributed by atoms with Crippen LogP contribution in [0, 0.1) is 5.92 Å². The molecule has 0 saturated heterocycles. The Balaban J connectivity index is 1.73. The lowest BCUT2D eigenvalue weighted by Crippen LogP contribution is -2.48. The van der Waals surface area contributed by atoms with Crippen molar-refractivity contribution in [1.29, 1.82) is 0 Å². The number of nitrogens with zero attached hydrogens (tertiary/aromatic N) is 1. The van der Waals surface area contributed by atoms with Crippen LogP contribution in [0.4, 0.5) is 4.79 Å². The third kappa shape index (κ3) is 5.79. The van der Waals surface area contributed by atoms with E-state index in [0.29, 0.717) is 18.5 Å². The molecule has 2 unspecified atom stereocenters. The fraction of sp³-hybridized carbons (Fsp3) is 0.706. The van der Waals surface area contributed by atoms with E-state index >= 15 is 0 Å². The minimum Gasteiger partial charge on any atom is -0.387 e. The molecule has 0 spiro atoms. The summed E-state index contributed by atoms with van der Waals surface area (Å²) in [5, 5.41) is 19.5. The van der Waals surface area contributed by atoms with Gasteiger partial charge in [0.25, 0.3) is 0 Å². The van der Waals surface area contributed by atoms with Crippen molar-refractivity contribution in [2.24, 2.45) is 5.92 Å². The second kappa shape index (κ2) is 9.25. The molecule has 1 saturated carbocycles. The minimum atomic E-state index is -0.644. The van der Waals surface area contributed by atoms with Crippen molar-refractivity contribution in [2.45, 2.75) is 44.2 Å². The lowest BCUT2D eigenvalue weighted by molar-refractivity contribution is 0.160. The fourth-order valence-electron chi connectivity index (χ4n) is 3.32. The zero-order chi connectivity index (χ0) is 16.7. The molecule has 130 valence electrons. The van der Waals surface area contributed by atoms with E-state index in [1.807, 2.05) is 16.8 Å². The first-order valence-electron chi connectivity index (χ1n) is 8.46. The van der Waals surface area contributed by atoms with Gasteiger partial charge in [0, 0.05) is 19.1 Å². The summed E-state index contributed by atoms with van der Waals surface area (Å²) in [5.41, 5.74) is 0.851. The summed E-state index contributed by atoms with van der Waals surface area (Å²) >= 11 is 1.54. The Kier molecular flexibility index (Phi) is 7.33. The molecule has 1 aliphatic carbocycles. The Labute approximate surface area is 143 Å². The lowest BCUT2D eigenvalue weighted by atomic mass is 9.83. The molecule has 2 rings (SSSR count). The third-order valence-corrected chi connectivity index (χ3v) is 5.41. The van der Waals surface area contributed by atoms with Gasteiger partial charge >= 0.3 is 6.03 Å². The number of carbonyl (C=O) groups is 1. The Morgan fingerprint density at radius 1 is 1.30 bits per heavy atom. The number of aliphatic hydroxyl groups is 1. The van der Waals surface area contributed by atoms with Crippen LogP contribution in [-0.4, -0.2) is 49.3 Å². The number of rotatable bonds is 7. The van der Waals surface area contributed by atoms with Crippen molar-refractivity contribution in [3.05, 3.63) is 22.4 Å². The summed E-state index contributed by atoms with van der Waals surface area (Å²) in [6.07, 6.45) is 5.80. The largest absolute Gasteiger partial charge is 0.387 e. The van der Waals surface area contributed by atoms with Crippen molar-refractivity contribution in [3.63, 3.8) is 0 Å². The van der Waals surface area contributed by atoms with Gasteiger partial charge in [0.1, 0.15) is 0 Å². The van der Waals surface area contributed by atoms with Crippen molar-refractivity contribution < 1.29 is 9.90 Å². The number of amides is 2. The highest BCUT2D eigenvalue weighted by Crippen LogP contribution is 2.28. The summed E-state index contributed by atoms with van der Waals surface area (Å²) in [6, 6.07) is 2.05. The van der Waals surface area contributed by atoms with Crippen LogP contribution in [0.25, 0.3) is 0 Å². The average molecular weight is 340 g/mol. The Morgan fingerprint density at radius 3 is 2.61 bits per heavy atom. The highest BCUT2D eigenvalue weighted by molar-refractivity contribution is 7.07. The van der Waals surface area contributed by atoms with E-state index in [1.54, 1.807) is 11.3 Å². The molecule has 2 amide bonds. The topological polar surface area (TPSA) is 64.6 Å². The van der Waals surface area contributed by atoms with Crippen LogP contribution in [0.2, 0.25) is 0 Å². The standard InChI is InChI=1S/C17H29N3O2S/c1-20(2)15(13-6-4-3-5-7-13)10-18-17(22)19-11-16(21)14-8-9-23-12-14/h8-9,12-13,15-16,21H,3-7,10-11H2,1-2H3,(H2,18,19,22). The number of carbonyl (C=O) groups excluding carboxylic acids is 1. The monoisotopic (exact) mass is 339 g/mol. The second-order valence-electron chi connectivity index (χ2n) is 6.59. The van der Waals surface area contributed by atoms with Gasteiger partial charge < -0.3 is 20.6 Å². The smallest absolute Gasteiger partial charge is 0.314 e. The first kappa shape index (κ1) is 18.2. The van der Waals surface area contributed by atoms with Gasteiger partial charge in [-0.05, 0) is 55.2 Å². The maximum Gasteiger partial charge on any atom is 0.314 e. The molecule has 0 radical (unpaired) electrons. The van der Waals surface area contributed by atoms with Gasteiger partial charge in [-0.2, -0.15) is 11.3 Å². The van der Waals surface area contributed by atoms with Gasteiger partial charge in [-0.15, -0.1) is 0 Å². The molecule has 1 aliphatic rings. The molecule has 1 aromatic heterocycles. The van der Waals surface area contributed by atoms with E-state index in [1.165, 1.54) is 32.1 Å². The molecule has 1 heterocycles. The van der Waals surface area contributed by atoms with Crippen molar-refractivity contribution >= 4 is 17.4 Å². The summed E-state index contributed by atoms with van der Waals surface area (Å²) in [7, 11) is 4.17. The molecule has 0 aromatic carbocycles. The Bertz CT molecular complexity index is 458. The molecule has 1 fully saturated rings. The first-order chi connectivity index (χ1) is 11.1. The van der Waals surface area contributed by atoms with Gasteiger partial charge in [0.2, 0.25) is 0 Å². The molecule has 5 nitrogen and oxygen atoms in total. The van der Waals surface area contributed by atoms with Crippen LogP contribution in [0.5, 0.6) is 0 Å². The number of thiophene rings is 1. The Morgan fingerprint density at radius 2 is 2.00 bits per heavy atom. The van der Waals surface area contributed by atoms with E-state index < -0.39 is 6.10 Å². The quantitative estimate of drug-likeness (QED) is 0.715. The van der Waals surface area contributed by atoms with Crippen molar-refractivity contribution in [3.8, 4) is 0 Å². The van der Waals surface area contributed by atoms with Gasteiger partial charge in [-0.3, -0.25) is 0 Å². The SMILES string of the molecule is CN(C)C(CNC(=O)NCC(O)c1ccsc1)C1CCCCC1. The summed E-state index contributed by atoms with van der Waals surface area (Å²) in [4.78, 5) is 14.2. The second-order valence-corrected chi connectivity index (χ2v) is 7.37. The first-order valence-corrected chi connectivity index (χ1v) is 9.40. The molecule has 0 aliphatic heterocycles. The zero-order valence-electron chi connectivity index (χ0n) is 14.1. The maximum absolute atomic E-state index is 12.0. The molecule has 1 aromatic rings. The van der Waals surface area contributed by atoms with E-state index in [9.17, 15) is 9.90 Å². The summed E-state index contributed by atoms with van der Waals surface area (Å²) in [6.45, 7) is 0.886. The van der Waals surface area contributed by atoms with Crippen LogP contribution in [0.15, 0.2) is 16.8 Å². The van der Waals surface area contributed by atoms with Gasteiger partial charge in [-0.1, -0.05) is 19.3 Å². The zero-order valence-corrected chi connectivity index (χ0v) is 14.9. The molecular formula is C17H29N3O2S. The average Bonchev–Trinajstić information content (AvgIpc) is 3.08. The number of hydrogen-bond donors (Lipinski definition) is 3. The van der Waals surface area contributed by atoms with E-state index in [0.717, 1.165) is 5.56 Å². The van der Waals surface area contributed by atoms with Gasteiger partial charge in [0.15, 0.2) is 0 Å². The van der Waals surface area contributed by atoms with E-state index in [4.69, 9.17) is 0 Å². The van der Waals surface area contributed by atoms with Crippen LogP contribution in [0.3, 0.4) is 0 Å². The van der Waals surface area contributed by atoms with Gasteiger partial charge in [-0.25, -0.2) is 4.79 Å². The van der Waals surface area contributed by atoms with Crippen molar-refractivity contribution in [2.75, 3.05) is 27.2 Å². The molecule has 2 atom stereocenters. The van der Waals surface area contributed by atoms with Gasteiger partial charge in [0.05, 0.1) is 6.10 Å². The predicted octanol–water partition coefficient (Wildman–Crippen LogP) is 2.59. The number of hydrogen-bond acceptors (Lipinski definition) is 4. The fourth-order valence-corrected chi connectivity index (χ4v) is 4.03. The number of nitrogens with one attached hydrogen (secondary N) is 2. The molecule has 6 heteroatoms. The molecular weight excluding hydrogens is 310 g/mol. The molecule has 0 bridgehead atoms. The lowest BCUT2D eigenvalue weighted by Gasteiger charge is -2.35. The number of likely N-dealkylation sites (N-methyl/N-ethyl adjacent to an activating group) is 1. The predicted molar refractivity (Wildman–Crippen MR) is 94.7 cm³/mol. The van der Waals surface area contributed by atoms with Crippen molar-refractivity contribution in [1.82, 2.24) is 15.5 Å².